The van der Waals surface area contributed by atoms with Crippen LogP contribution in [0, 0.1) is 13.8 Å². The highest BCUT2D eigenvalue weighted by Gasteiger charge is 2.35. The van der Waals surface area contributed by atoms with Crippen molar-refractivity contribution in [2.24, 2.45) is 0 Å². The Labute approximate surface area is 228 Å². The van der Waals surface area contributed by atoms with Crippen molar-refractivity contribution >= 4 is 16.6 Å². The van der Waals surface area contributed by atoms with E-state index in [0.717, 1.165) is 31.6 Å². The third-order valence-corrected chi connectivity index (χ3v) is 7.43. The number of ether oxygens (including phenoxy) is 2. The fraction of sp³-hybridized carbons (Fsp3) is 0.448. The van der Waals surface area contributed by atoms with Gasteiger partial charge in [-0.2, -0.15) is 0 Å². The first kappa shape index (κ1) is 26.7. The third kappa shape index (κ3) is 5.08. The molecule has 1 atom stereocenters. The lowest BCUT2D eigenvalue weighted by Crippen LogP contribution is -2.49. The number of tetrazole rings is 1. The summed E-state index contributed by atoms with van der Waals surface area (Å²) < 4.78 is 12.8. The minimum Gasteiger partial charge on any atom is -0.493 e. The Morgan fingerprint density at radius 2 is 1.64 bits per heavy atom. The van der Waals surface area contributed by atoms with Crippen molar-refractivity contribution in [3.8, 4) is 11.5 Å². The van der Waals surface area contributed by atoms with Gasteiger partial charge in [-0.3, -0.25) is 9.69 Å². The number of hydrogen-bond donors (Lipinski definition) is 1. The zero-order valence-corrected chi connectivity index (χ0v) is 23.8. The van der Waals surface area contributed by atoms with E-state index in [1.54, 1.807) is 20.3 Å². The molecule has 1 saturated heterocycles. The Morgan fingerprint density at radius 3 is 2.31 bits per heavy atom. The summed E-state index contributed by atoms with van der Waals surface area (Å²) >= 11 is 0. The van der Waals surface area contributed by atoms with Crippen LogP contribution in [-0.4, -0.2) is 70.5 Å². The Balaban J connectivity index is 1.58. The van der Waals surface area contributed by atoms with Gasteiger partial charge in [-0.15, -0.1) is 5.10 Å². The summed E-state index contributed by atoms with van der Waals surface area (Å²) in [6.45, 7) is 13.6. The van der Waals surface area contributed by atoms with Crippen molar-refractivity contribution in [1.29, 1.82) is 0 Å². The summed E-state index contributed by atoms with van der Waals surface area (Å²) in [5.41, 5.74) is 4.49. The van der Waals surface area contributed by atoms with Crippen molar-refractivity contribution in [3.63, 3.8) is 0 Å². The lowest BCUT2D eigenvalue weighted by molar-refractivity contribution is 0.190. The van der Waals surface area contributed by atoms with Crippen LogP contribution >= 0.6 is 0 Å². The molecular formula is C29H37N7O3. The molecule has 0 spiro atoms. The number of nitrogens with one attached hydrogen (secondary N) is 1. The summed E-state index contributed by atoms with van der Waals surface area (Å²) in [4.78, 5) is 21.5. The van der Waals surface area contributed by atoms with Gasteiger partial charge in [0.05, 0.1) is 25.3 Å². The first-order chi connectivity index (χ1) is 18.6. The van der Waals surface area contributed by atoms with Gasteiger partial charge in [-0.05, 0) is 74.4 Å². The zero-order valence-electron chi connectivity index (χ0n) is 23.8. The van der Waals surface area contributed by atoms with Gasteiger partial charge in [0.25, 0.3) is 5.56 Å². The molecule has 1 aliphatic rings. The molecule has 0 saturated carbocycles. The van der Waals surface area contributed by atoms with Crippen LogP contribution in [0.25, 0.3) is 10.9 Å². The summed E-state index contributed by atoms with van der Waals surface area (Å²) in [7, 11) is 3.18. The van der Waals surface area contributed by atoms with E-state index >= 15 is 0 Å². The van der Waals surface area contributed by atoms with Gasteiger partial charge in [0.15, 0.2) is 17.3 Å². The molecule has 0 bridgehead atoms. The van der Waals surface area contributed by atoms with Crippen molar-refractivity contribution in [2.45, 2.75) is 46.2 Å². The SMILES string of the molecule is COc1cc2cc(C(c3nnnn3C(C)(C)C)N3CCN(c4cc(C)ccc4C)CC3)c(=O)[nH]c2cc1OC. The minimum atomic E-state index is -0.429. The van der Waals surface area contributed by atoms with E-state index in [0.29, 0.717) is 28.4 Å². The Hall–Kier alpha value is -3.92. The van der Waals surface area contributed by atoms with Gasteiger partial charge < -0.3 is 19.4 Å². The number of aromatic nitrogens is 5. The number of pyridine rings is 1. The molecule has 1 fully saturated rings. The molecule has 2 aromatic heterocycles. The van der Waals surface area contributed by atoms with Crippen molar-refractivity contribution in [1.82, 2.24) is 30.1 Å². The van der Waals surface area contributed by atoms with E-state index in [4.69, 9.17) is 9.47 Å². The number of aromatic amines is 1. The largest absolute Gasteiger partial charge is 0.493 e. The molecule has 0 aliphatic carbocycles. The molecule has 1 aliphatic heterocycles. The molecule has 206 valence electrons. The standard InChI is InChI=1S/C29H37N7O3/c1-18-8-9-19(2)23(14-18)34-10-12-35(13-11-34)26(27-31-32-33-36(27)29(3,4)5)21-15-20-16-24(38-6)25(39-7)17-22(20)30-28(21)37/h8-9,14-17,26H,10-13H2,1-7H3,(H,30,37). The van der Waals surface area contributed by atoms with E-state index in [1.807, 2.05) is 16.8 Å². The average Bonchev–Trinajstić information content (AvgIpc) is 3.40. The van der Waals surface area contributed by atoms with E-state index in [9.17, 15) is 4.79 Å². The Kier molecular flexibility index (Phi) is 7.07. The fourth-order valence-corrected chi connectivity index (χ4v) is 5.38. The summed E-state index contributed by atoms with van der Waals surface area (Å²) in [6, 6.07) is 11.7. The molecule has 0 amide bonds. The predicted molar refractivity (Wildman–Crippen MR) is 152 cm³/mol. The number of nitrogens with zero attached hydrogens (tertiary/aromatic N) is 6. The minimum absolute atomic E-state index is 0.180. The number of rotatable bonds is 6. The van der Waals surface area contributed by atoms with Crippen molar-refractivity contribution < 1.29 is 9.47 Å². The maximum Gasteiger partial charge on any atom is 0.253 e. The molecule has 1 N–H and O–H groups in total. The van der Waals surface area contributed by atoms with Gasteiger partial charge >= 0.3 is 0 Å². The number of piperazine rings is 1. The number of benzene rings is 2. The first-order valence-electron chi connectivity index (χ1n) is 13.2. The number of fused-ring (bicyclic) bond motifs is 1. The molecule has 5 rings (SSSR count). The maximum atomic E-state index is 13.7. The van der Waals surface area contributed by atoms with Gasteiger partial charge in [-0.1, -0.05) is 12.1 Å². The molecule has 10 heteroatoms. The van der Waals surface area contributed by atoms with Crippen LogP contribution < -0.4 is 19.9 Å². The highest BCUT2D eigenvalue weighted by molar-refractivity contribution is 5.83. The first-order valence-corrected chi connectivity index (χ1v) is 13.2. The molecule has 0 radical (unpaired) electrons. The molecule has 3 heterocycles. The monoisotopic (exact) mass is 531 g/mol. The second-order valence-corrected chi connectivity index (χ2v) is 11.2. The van der Waals surface area contributed by atoms with E-state index in [-0.39, 0.29) is 11.1 Å². The third-order valence-electron chi connectivity index (χ3n) is 7.43. The van der Waals surface area contributed by atoms with Crippen LogP contribution in [0.15, 0.2) is 41.2 Å². The average molecular weight is 532 g/mol. The lowest BCUT2D eigenvalue weighted by Gasteiger charge is -2.40. The number of H-pyrrole nitrogens is 1. The molecule has 39 heavy (non-hydrogen) atoms. The number of aryl methyl sites for hydroxylation is 2. The van der Waals surface area contributed by atoms with Gasteiger partial charge in [0.2, 0.25) is 0 Å². The molecular weight excluding hydrogens is 494 g/mol. The van der Waals surface area contributed by atoms with Gasteiger partial charge in [0, 0.05) is 48.9 Å². The van der Waals surface area contributed by atoms with Gasteiger partial charge in [-0.25, -0.2) is 4.68 Å². The topological polar surface area (TPSA) is 101 Å². The molecule has 2 aromatic carbocycles. The lowest BCUT2D eigenvalue weighted by atomic mass is 10.0. The Morgan fingerprint density at radius 1 is 0.949 bits per heavy atom. The van der Waals surface area contributed by atoms with E-state index < -0.39 is 6.04 Å². The number of anilines is 1. The highest BCUT2D eigenvalue weighted by atomic mass is 16.5. The van der Waals surface area contributed by atoms with Crippen LogP contribution in [-0.2, 0) is 5.54 Å². The second kappa shape index (κ2) is 10.3. The van der Waals surface area contributed by atoms with Crippen LogP contribution in [0.3, 0.4) is 0 Å². The van der Waals surface area contributed by atoms with Crippen LogP contribution in [0.1, 0.15) is 49.3 Å². The molecule has 10 nitrogen and oxygen atoms in total. The maximum absolute atomic E-state index is 13.7. The predicted octanol–water partition coefficient (Wildman–Crippen LogP) is 3.82. The van der Waals surface area contributed by atoms with Crippen molar-refractivity contribution in [2.75, 3.05) is 45.3 Å². The Bertz CT molecular complexity index is 1550. The normalized spacial score (nSPS) is 15.5. The molecule has 1 unspecified atom stereocenters. The van der Waals surface area contributed by atoms with Crippen LogP contribution in [0.2, 0.25) is 0 Å². The molecule has 4 aromatic rings. The van der Waals surface area contributed by atoms with Gasteiger partial charge in [0.1, 0.15) is 6.04 Å². The highest BCUT2D eigenvalue weighted by Crippen LogP contribution is 2.34. The summed E-state index contributed by atoms with van der Waals surface area (Å²) in [5, 5.41) is 13.7. The van der Waals surface area contributed by atoms with E-state index in [2.05, 4.69) is 83.1 Å². The zero-order chi connectivity index (χ0) is 27.9. The quantitative estimate of drug-likeness (QED) is 0.401. The summed E-state index contributed by atoms with van der Waals surface area (Å²) in [5.74, 6) is 1.80. The fourth-order valence-electron chi connectivity index (χ4n) is 5.38. The second-order valence-electron chi connectivity index (χ2n) is 11.2. The van der Waals surface area contributed by atoms with Crippen LogP contribution in [0.5, 0.6) is 11.5 Å². The number of methoxy groups -OCH3 is 2. The van der Waals surface area contributed by atoms with E-state index in [1.165, 1.54) is 16.8 Å². The van der Waals surface area contributed by atoms with Crippen LogP contribution in [0.4, 0.5) is 5.69 Å². The summed E-state index contributed by atoms with van der Waals surface area (Å²) in [6.07, 6.45) is 0. The number of hydrogen-bond acceptors (Lipinski definition) is 8. The van der Waals surface area contributed by atoms with Crippen molar-refractivity contribution in [3.05, 3.63) is 69.3 Å². The smallest absolute Gasteiger partial charge is 0.253 e.